The van der Waals surface area contributed by atoms with E-state index in [1.165, 1.54) is 5.56 Å². The second kappa shape index (κ2) is 14.4. The van der Waals surface area contributed by atoms with Gasteiger partial charge in [-0.15, -0.1) is 24.0 Å². The molecule has 2 N–H and O–H groups in total. The van der Waals surface area contributed by atoms with Gasteiger partial charge in [0.15, 0.2) is 5.96 Å². The van der Waals surface area contributed by atoms with E-state index in [1.807, 2.05) is 25.1 Å². The molecule has 1 unspecified atom stereocenters. The van der Waals surface area contributed by atoms with Crippen LogP contribution in [0.4, 0.5) is 13.2 Å². The number of carbonyl (C=O) groups is 1. The van der Waals surface area contributed by atoms with E-state index >= 15 is 0 Å². The fourth-order valence-electron chi connectivity index (χ4n) is 2.61. The molecule has 0 aliphatic heterocycles. The van der Waals surface area contributed by atoms with E-state index in [2.05, 4.69) is 46.6 Å². The molecule has 10 heteroatoms. The standard InChI is InChI=1S/C20H32F3N5O.HI/c1-5-24-19(26-13-18(29)28(4)15-20(21,22)23)25-12-11-16(2)27(3)14-17-9-7-6-8-10-17;/h6-10,16H,5,11-15H2,1-4H3,(H2,24,25,26);1H. The number of rotatable bonds is 10. The van der Waals surface area contributed by atoms with Crippen LogP contribution in [0.2, 0.25) is 0 Å². The fraction of sp³-hybridized carbons (Fsp3) is 0.600. The summed E-state index contributed by atoms with van der Waals surface area (Å²) < 4.78 is 37.1. The number of nitrogens with one attached hydrogen (secondary N) is 2. The quantitative estimate of drug-likeness (QED) is 0.271. The Morgan fingerprint density at radius 1 is 1.17 bits per heavy atom. The van der Waals surface area contributed by atoms with Gasteiger partial charge in [0.25, 0.3) is 0 Å². The summed E-state index contributed by atoms with van der Waals surface area (Å²) >= 11 is 0. The summed E-state index contributed by atoms with van der Waals surface area (Å²) in [6.45, 7) is 4.44. The SMILES string of the molecule is CCNC(=NCC(=O)N(C)CC(F)(F)F)NCCC(C)N(C)Cc1ccccc1.I. The number of alkyl halides is 3. The molecule has 0 heterocycles. The lowest BCUT2D eigenvalue weighted by molar-refractivity contribution is -0.157. The minimum atomic E-state index is -4.42. The third-order valence-electron chi connectivity index (χ3n) is 4.44. The van der Waals surface area contributed by atoms with E-state index in [9.17, 15) is 18.0 Å². The van der Waals surface area contributed by atoms with Crippen LogP contribution in [0.25, 0.3) is 0 Å². The molecule has 0 spiro atoms. The third-order valence-corrected chi connectivity index (χ3v) is 4.44. The number of halogens is 4. The number of nitrogens with zero attached hydrogens (tertiary/aromatic N) is 3. The molecule has 1 rings (SSSR count). The van der Waals surface area contributed by atoms with Crippen LogP contribution in [0, 0.1) is 0 Å². The molecule has 30 heavy (non-hydrogen) atoms. The zero-order valence-electron chi connectivity index (χ0n) is 18.0. The molecule has 0 bridgehead atoms. The van der Waals surface area contributed by atoms with E-state index in [0.29, 0.717) is 30.0 Å². The number of aliphatic imine (C=N–C) groups is 1. The van der Waals surface area contributed by atoms with Crippen molar-refractivity contribution in [2.45, 2.75) is 39.0 Å². The molecular weight excluding hydrogens is 510 g/mol. The molecule has 0 radical (unpaired) electrons. The van der Waals surface area contributed by atoms with Gasteiger partial charge in [0.1, 0.15) is 13.1 Å². The molecule has 0 aliphatic carbocycles. The van der Waals surface area contributed by atoms with Crippen molar-refractivity contribution >= 4 is 35.8 Å². The number of hydrogen-bond acceptors (Lipinski definition) is 3. The van der Waals surface area contributed by atoms with Gasteiger partial charge in [-0.3, -0.25) is 9.69 Å². The van der Waals surface area contributed by atoms with E-state index in [-0.39, 0.29) is 30.5 Å². The molecule has 1 aromatic carbocycles. The first-order valence-corrected chi connectivity index (χ1v) is 9.69. The summed E-state index contributed by atoms with van der Waals surface area (Å²) in [6.07, 6.45) is -3.57. The van der Waals surface area contributed by atoms with Crippen LogP contribution in [0.5, 0.6) is 0 Å². The van der Waals surface area contributed by atoms with Gasteiger partial charge >= 0.3 is 6.18 Å². The summed E-state index contributed by atoms with van der Waals surface area (Å²) in [5.74, 6) is -0.269. The van der Waals surface area contributed by atoms with Gasteiger partial charge in [0.05, 0.1) is 0 Å². The first kappa shape index (κ1) is 28.4. The molecule has 0 saturated carbocycles. The van der Waals surface area contributed by atoms with Crippen molar-refractivity contribution in [3.05, 3.63) is 35.9 Å². The van der Waals surface area contributed by atoms with E-state index in [0.717, 1.165) is 20.0 Å². The Hall–Kier alpha value is -1.56. The minimum Gasteiger partial charge on any atom is -0.357 e. The van der Waals surface area contributed by atoms with Crippen molar-refractivity contribution in [3.63, 3.8) is 0 Å². The van der Waals surface area contributed by atoms with Gasteiger partial charge in [-0.25, -0.2) is 4.99 Å². The third kappa shape index (κ3) is 12.2. The number of amides is 1. The molecule has 1 atom stereocenters. The van der Waals surface area contributed by atoms with Crippen LogP contribution in [0.15, 0.2) is 35.3 Å². The molecule has 0 fully saturated rings. The van der Waals surface area contributed by atoms with Crippen molar-refractivity contribution in [1.29, 1.82) is 0 Å². The summed E-state index contributed by atoms with van der Waals surface area (Å²) in [6, 6.07) is 10.5. The second-order valence-corrected chi connectivity index (χ2v) is 7.03. The maximum absolute atomic E-state index is 12.4. The van der Waals surface area contributed by atoms with Crippen molar-refractivity contribution in [2.24, 2.45) is 4.99 Å². The summed E-state index contributed by atoms with van der Waals surface area (Å²) in [4.78, 5) is 18.8. The second-order valence-electron chi connectivity index (χ2n) is 7.03. The number of carbonyl (C=O) groups excluding carboxylic acids is 1. The molecule has 172 valence electrons. The fourth-order valence-corrected chi connectivity index (χ4v) is 2.61. The highest BCUT2D eigenvalue weighted by molar-refractivity contribution is 14.0. The highest BCUT2D eigenvalue weighted by Gasteiger charge is 2.31. The van der Waals surface area contributed by atoms with Crippen LogP contribution in [0.3, 0.4) is 0 Å². The molecule has 1 aromatic rings. The molecular formula is C20H33F3IN5O. The van der Waals surface area contributed by atoms with Gasteiger partial charge in [-0.1, -0.05) is 30.3 Å². The smallest absolute Gasteiger partial charge is 0.357 e. The Bertz CT molecular complexity index is 643. The molecule has 0 aliphatic rings. The predicted molar refractivity (Wildman–Crippen MR) is 125 cm³/mol. The molecule has 0 saturated heterocycles. The molecule has 6 nitrogen and oxygen atoms in total. The monoisotopic (exact) mass is 543 g/mol. The van der Waals surface area contributed by atoms with Crippen molar-refractivity contribution in [1.82, 2.24) is 20.4 Å². The van der Waals surface area contributed by atoms with Crippen LogP contribution in [0.1, 0.15) is 25.8 Å². The lowest BCUT2D eigenvalue weighted by Gasteiger charge is -2.25. The maximum atomic E-state index is 12.4. The first-order chi connectivity index (χ1) is 13.6. The van der Waals surface area contributed by atoms with Gasteiger partial charge in [0.2, 0.25) is 5.91 Å². The lowest BCUT2D eigenvalue weighted by atomic mass is 10.1. The average Bonchev–Trinajstić information content (AvgIpc) is 2.65. The van der Waals surface area contributed by atoms with Crippen LogP contribution in [-0.2, 0) is 11.3 Å². The summed E-state index contributed by atoms with van der Waals surface area (Å²) in [5.41, 5.74) is 1.24. The van der Waals surface area contributed by atoms with E-state index in [1.54, 1.807) is 0 Å². The van der Waals surface area contributed by atoms with Crippen molar-refractivity contribution in [2.75, 3.05) is 40.3 Å². The van der Waals surface area contributed by atoms with E-state index in [4.69, 9.17) is 0 Å². The number of hydrogen-bond donors (Lipinski definition) is 2. The van der Waals surface area contributed by atoms with Crippen LogP contribution < -0.4 is 10.6 Å². The number of likely N-dealkylation sites (N-methyl/N-ethyl adjacent to an activating group) is 1. The maximum Gasteiger partial charge on any atom is 0.406 e. The Labute approximate surface area is 194 Å². The van der Waals surface area contributed by atoms with Crippen molar-refractivity contribution < 1.29 is 18.0 Å². The van der Waals surface area contributed by atoms with E-state index < -0.39 is 18.6 Å². The predicted octanol–water partition coefficient (Wildman–Crippen LogP) is 3.09. The van der Waals surface area contributed by atoms with Gasteiger partial charge in [-0.05, 0) is 32.9 Å². The summed E-state index contributed by atoms with van der Waals surface area (Å²) in [5, 5.41) is 6.13. The van der Waals surface area contributed by atoms with Gasteiger partial charge in [-0.2, -0.15) is 13.2 Å². The zero-order chi connectivity index (χ0) is 21.9. The summed E-state index contributed by atoms with van der Waals surface area (Å²) in [7, 11) is 3.18. The Morgan fingerprint density at radius 2 is 1.80 bits per heavy atom. The molecule has 1 amide bonds. The molecule has 0 aromatic heterocycles. The first-order valence-electron chi connectivity index (χ1n) is 9.69. The largest absolute Gasteiger partial charge is 0.406 e. The number of benzene rings is 1. The lowest BCUT2D eigenvalue weighted by Crippen LogP contribution is -2.41. The van der Waals surface area contributed by atoms with Crippen molar-refractivity contribution in [3.8, 4) is 0 Å². The highest BCUT2D eigenvalue weighted by Crippen LogP contribution is 2.15. The normalized spacial score (nSPS) is 12.9. The van der Waals surface area contributed by atoms with Crippen LogP contribution in [-0.4, -0.2) is 74.2 Å². The number of guanidine groups is 1. The Morgan fingerprint density at radius 3 is 2.37 bits per heavy atom. The Balaban J connectivity index is 0.00000841. The van der Waals surface area contributed by atoms with Crippen LogP contribution >= 0.6 is 24.0 Å². The average molecular weight is 543 g/mol. The topological polar surface area (TPSA) is 60.0 Å². The minimum absolute atomic E-state index is 0. The van der Waals surface area contributed by atoms with Gasteiger partial charge in [0, 0.05) is 32.7 Å². The van der Waals surface area contributed by atoms with Gasteiger partial charge < -0.3 is 15.5 Å². The zero-order valence-corrected chi connectivity index (χ0v) is 20.3. The highest BCUT2D eigenvalue weighted by atomic mass is 127. The Kier molecular flexibility index (Phi) is 13.7.